The highest BCUT2D eigenvalue weighted by Crippen LogP contribution is 2.33. The van der Waals surface area contributed by atoms with Crippen LogP contribution in [0.25, 0.3) is 0 Å². The number of imide groups is 1. The topological polar surface area (TPSA) is 102 Å². The molecule has 1 atom stereocenters. The second-order valence-corrected chi connectivity index (χ2v) is 6.57. The van der Waals surface area contributed by atoms with Crippen molar-refractivity contribution >= 4 is 23.4 Å². The Hall–Kier alpha value is -2.61. The predicted octanol–water partition coefficient (Wildman–Crippen LogP) is 0.533. The minimum absolute atomic E-state index is 0.125. The zero-order chi connectivity index (χ0) is 18.8. The smallest absolute Gasteiger partial charge is 0.251 e. The summed E-state index contributed by atoms with van der Waals surface area (Å²) in [5.74, 6) is 0.0345. The minimum atomic E-state index is -0.506. The third-order valence-electron chi connectivity index (χ3n) is 5.09. The fourth-order valence-corrected chi connectivity index (χ4v) is 3.59. The van der Waals surface area contributed by atoms with Gasteiger partial charge in [-0.15, -0.1) is 0 Å². The lowest BCUT2D eigenvalue weighted by Gasteiger charge is -2.33. The van der Waals surface area contributed by atoms with Gasteiger partial charge in [-0.3, -0.25) is 19.3 Å². The Bertz CT molecular complexity index is 705. The number of methoxy groups -OCH3 is 2. The Kier molecular flexibility index (Phi) is 5.13. The van der Waals surface area contributed by atoms with E-state index in [4.69, 9.17) is 15.2 Å². The standard InChI is InChI=1S/C18H23N3O5/c1-25-13-7-12(8-14(9-13)26-2)21-16(22)10-15(18(21)24)20-5-3-11(4-6-20)17(19)23/h7-9,11,15H,3-6,10H2,1-2H3,(H2,19,23)/t15-/m0/s1. The van der Waals surface area contributed by atoms with Crippen LogP contribution in [0.2, 0.25) is 0 Å². The molecular formula is C18H23N3O5. The Balaban J connectivity index is 1.79. The Morgan fingerprint density at radius 2 is 1.65 bits per heavy atom. The molecule has 1 aromatic rings. The van der Waals surface area contributed by atoms with Gasteiger partial charge in [-0.1, -0.05) is 0 Å². The fourth-order valence-electron chi connectivity index (χ4n) is 3.59. The molecule has 0 aliphatic carbocycles. The van der Waals surface area contributed by atoms with Gasteiger partial charge in [0.25, 0.3) is 5.91 Å². The van der Waals surface area contributed by atoms with Crippen molar-refractivity contribution in [1.29, 1.82) is 0 Å². The summed E-state index contributed by atoms with van der Waals surface area (Å²) in [6.45, 7) is 1.15. The van der Waals surface area contributed by atoms with Crippen molar-refractivity contribution in [2.24, 2.45) is 11.7 Å². The van der Waals surface area contributed by atoms with Crippen LogP contribution in [0.1, 0.15) is 19.3 Å². The van der Waals surface area contributed by atoms with E-state index in [0.29, 0.717) is 43.1 Å². The molecule has 0 unspecified atom stereocenters. The molecule has 8 heteroatoms. The fraction of sp³-hybridized carbons (Fsp3) is 0.500. The largest absolute Gasteiger partial charge is 0.497 e. The number of amides is 3. The number of benzene rings is 1. The summed E-state index contributed by atoms with van der Waals surface area (Å²) >= 11 is 0. The van der Waals surface area contributed by atoms with Gasteiger partial charge < -0.3 is 15.2 Å². The molecule has 2 saturated heterocycles. The molecule has 0 spiro atoms. The normalized spacial score (nSPS) is 21.9. The highest BCUT2D eigenvalue weighted by Gasteiger charge is 2.44. The molecule has 3 rings (SSSR count). The van der Waals surface area contributed by atoms with Gasteiger partial charge in [-0.05, 0) is 25.9 Å². The maximum Gasteiger partial charge on any atom is 0.251 e. The van der Waals surface area contributed by atoms with E-state index in [1.165, 1.54) is 19.1 Å². The molecule has 0 radical (unpaired) electrons. The molecule has 1 aromatic carbocycles. The zero-order valence-electron chi connectivity index (χ0n) is 14.9. The summed E-state index contributed by atoms with van der Waals surface area (Å²) < 4.78 is 10.4. The lowest BCUT2D eigenvalue weighted by molar-refractivity contribution is -0.124. The van der Waals surface area contributed by atoms with E-state index in [2.05, 4.69) is 0 Å². The quantitative estimate of drug-likeness (QED) is 0.768. The average Bonchev–Trinajstić information content (AvgIpc) is 2.95. The Morgan fingerprint density at radius 1 is 1.08 bits per heavy atom. The molecule has 8 nitrogen and oxygen atoms in total. The van der Waals surface area contributed by atoms with E-state index >= 15 is 0 Å². The first-order valence-corrected chi connectivity index (χ1v) is 8.57. The molecule has 2 heterocycles. The van der Waals surface area contributed by atoms with Gasteiger partial charge in [0, 0.05) is 24.1 Å². The van der Waals surface area contributed by atoms with Gasteiger partial charge in [0.15, 0.2) is 0 Å². The van der Waals surface area contributed by atoms with Crippen molar-refractivity contribution in [1.82, 2.24) is 4.90 Å². The SMILES string of the molecule is COc1cc(OC)cc(N2C(=O)C[C@H](N3CCC(C(N)=O)CC3)C2=O)c1. The van der Waals surface area contributed by atoms with Gasteiger partial charge in [0.05, 0.1) is 32.4 Å². The van der Waals surface area contributed by atoms with E-state index in [1.807, 2.05) is 4.90 Å². The van der Waals surface area contributed by atoms with Crippen molar-refractivity contribution in [3.05, 3.63) is 18.2 Å². The number of piperidine rings is 1. The number of hydrogen-bond acceptors (Lipinski definition) is 6. The number of likely N-dealkylation sites (tertiary alicyclic amines) is 1. The summed E-state index contributed by atoms with van der Waals surface area (Å²) in [6.07, 6.45) is 1.35. The molecule has 2 aliphatic heterocycles. The van der Waals surface area contributed by atoms with Crippen LogP contribution in [0.5, 0.6) is 11.5 Å². The maximum absolute atomic E-state index is 12.9. The van der Waals surface area contributed by atoms with Crippen LogP contribution >= 0.6 is 0 Å². The van der Waals surface area contributed by atoms with E-state index < -0.39 is 6.04 Å². The molecule has 0 saturated carbocycles. The van der Waals surface area contributed by atoms with Crippen LogP contribution in [0, 0.1) is 5.92 Å². The number of carbonyl (C=O) groups is 3. The molecule has 2 N–H and O–H groups in total. The van der Waals surface area contributed by atoms with E-state index in [0.717, 1.165) is 0 Å². The predicted molar refractivity (Wildman–Crippen MR) is 93.9 cm³/mol. The third-order valence-corrected chi connectivity index (χ3v) is 5.09. The van der Waals surface area contributed by atoms with Gasteiger partial charge in [-0.25, -0.2) is 4.90 Å². The number of anilines is 1. The van der Waals surface area contributed by atoms with Crippen molar-refractivity contribution in [2.45, 2.75) is 25.3 Å². The van der Waals surface area contributed by atoms with Gasteiger partial charge >= 0.3 is 0 Å². The van der Waals surface area contributed by atoms with Crippen LogP contribution < -0.4 is 20.1 Å². The number of nitrogens with zero attached hydrogens (tertiary/aromatic N) is 2. The van der Waals surface area contributed by atoms with E-state index in [-0.39, 0.29) is 30.1 Å². The lowest BCUT2D eigenvalue weighted by atomic mass is 9.95. The summed E-state index contributed by atoms with van der Waals surface area (Å²) in [6, 6.07) is 4.45. The zero-order valence-corrected chi connectivity index (χ0v) is 14.9. The second-order valence-electron chi connectivity index (χ2n) is 6.57. The van der Waals surface area contributed by atoms with Gasteiger partial charge in [0.1, 0.15) is 11.5 Å². The highest BCUT2D eigenvalue weighted by molar-refractivity contribution is 6.22. The second kappa shape index (κ2) is 7.33. The van der Waals surface area contributed by atoms with Crippen LogP contribution in [0.3, 0.4) is 0 Å². The molecule has 140 valence electrons. The molecule has 2 aliphatic rings. The monoisotopic (exact) mass is 361 g/mol. The van der Waals surface area contributed by atoms with Crippen molar-refractivity contribution in [3.8, 4) is 11.5 Å². The molecule has 3 amide bonds. The van der Waals surface area contributed by atoms with Crippen molar-refractivity contribution < 1.29 is 23.9 Å². The molecule has 26 heavy (non-hydrogen) atoms. The average molecular weight is 361 g/mol. The molecule has 0 aromatic heterocycles. The van der Waals surface area contributed by atoms with E-state index in [1.54, 1.807) is 18.2 Å². The highest BCUT2D eigenvalue weighted by atomic mass is 16.5. The number of carbonyl (C=O) groups excluding carboxylic acids is 3. The summed E-state index contributed by atoms with van der Waals surface area (Å²) in [4.78, 5) is 39.9. The molecule has 0 bridgehead atoms. The molecule has 2 fully saturated rings. The summed E-state index contributed by atoms with van der Waals surface area (Å²) in [7, 11) is 3.02. The first-order chi connectivity index (χ1) is 12.4. The third kappa shape index (κ3) is 3.37. The first kappa shape index (κ1) is 18.2. The van der Waals surface area contributed by atoms with Crippen molar-refractivity contribution in [3.63, 3.8) is 0 Å². The minimum Gasteiger partial charge on any atom is -0.497 e. The van der Waals surface area contributed by atoms with Crippen LogP contribution in [-0.2, 0) is 14.4 Å². The number of hydrogen-bond donors (Lipinski definition) is 1. The Morgan fingerprint density at radius 3 is 2.15 bits per heavy atom. The first-order valence-electron chi connectivity index (χ1n) is 8.57. The number of rotatable bonds is 5. The van der Waals surface area contributed by atoms with Gasteiger partial charge in [0.2, 0.25) is 11.8 Å². The maximum atomic E-state index is 12.9. The van der Waals surface area contributed by atoms with E-state index in [9.17, 15) is 14.4 Å². The van der Waals surface area contributed by atoms with Crippen LogP contribution in [0.15, 0.2) is 18.2 Å². The number of ether oxygens (including phenoxy) is 2. The number of primary amides is 1. The lowest BCUT2D eigenvalue weighted by Crippen LogP contribution is -2.47. The summed E-state index contributed by atoms with van der Waals surface area (Å²) in [5.41, 5.74) is 5.79. The van der Waals surface area contributed by atoms with Gasteiger partial charge in [-0.2, -0.15) is 0 Å². The van der Waals surface area contributed by atoms with Crippen LogP contribution in [-0.4, -0.2) is 56.0 Å². The number of nitrogens with two attached hydrogens (primary N) is 1. The Labute approximate surface area is 151 Å². The summed E-state index contributed by atoms with van der Waals surface area (Å²) in [5, 5.41) is 0. The van der Waals surface area contributed by atoms with Crippen LogP contribution in [0.4, 0.5) is 5.69 Å². The van der Waals surface area contributed by atoms with Crippen molar-refractivity contribution in [2.75, 3.05) is 32.2 Å². The molecular weight excluding hydrogens is 338 g/mol.